The molecular formula is C23H19Cl2NO4. The number of esters is 1. The Morgan fingerprint density at radius 3 is 2.23 bits per heavy atom. The van der Waals surface area contributed by atoms with Crippen LogP contribution in [-0.4, -0.2) is 19.0 Å². The fourth-order valence-corrected chi connectivity index (χ4v) is 3.00. The highest BCUT2D eigenvalue weighted by atomic mass is 35.5. The van der Waals surface area contributed by atoms with Crippen molar-refractivity contribution in [1.29, 1.82) is 0 Å². The molecule has 7 heteroatoms. The molecule has 0 aliphatic carbocycles. The average Bonchev–Trinajstić information content (AvgIpc) is 2.77. The summed E-state index contributed by atoms with van der Waals surface area (Å²) in [5.41, 5.74) is 2.55. The number of carbonyl (C=O) groups excluding carboxylic acids is 2. The van der Waals surface area contributed by atoms with Crippen molar-refractivity contribution in [2.45, 2.75) is 13.2 Å². The SMILES string of the molecule is COC(=O)c1ccc(CNC(=O)c2cc(OCc3ccc(Cl)cc3)ccc2Cl)cc1. The van der Waals surface area contributed by atoms with Gasteiger partial charge in [0.15, 0.2) is 0 Å². The van der Waals surface area contributed by atoms with Crippen LogP contribution in [0.1, 0.15) is 31.8 Å². The summed E-state index contributed by atoms with van der Waals surface area (Å²) in [5, 5.41) is 3.80. The van der Waals surface area contributed by atoms with Crippen LogP contribution in [-0.2, 0) is 17.9 Å². The van der Waals surface area contributed by atoms with Gasteiger partial charge >= 0.3 is 5.97 Å². The lowest BCUT2D eigenvalue weighted by Crippen LogP contribution is -2.23. The molecule has 30 heavy (non-hydrogen) atoms. The van der Waals surface area contributed by atoms with Crippen molar-refractivity contribution in [1.82, 2.24) is 5.32 Å². The van der Waals surface area contributed by atoms with E-state index in [4.69, 9.17) is 27.9 Å². The quantitative estimate of drug-likeness (QED) is 0.503. The summed E-state index contributed by atoms with van der Waals surface area (Å²) in [5.74, 6) is -0.205. The molecule has 5 nitrogen and oxygen atoms in total. The molecule has 0 saturated heterocycles. The average molecular weight is 444 g/mol. The summed E-state index contributed by atoms with van der Waals surface area (Å²) < 4.78 is 10.4. The van der Waals surface area contributed by atoms with Gasteiger partial charge in [0.05, 0.1) is 23.3 Å². The van der Waals surface area contributed by atoms with Crippen LogP contribution in [0.5, 0.6) is 5.75 Å². The molecule has 1 N–H and O–H groups in total. The maximum Gasteiger partial charge on any atom is 0.337 e. The number of methoxy groups -OCH3 is 1. The van der Waals surface area contributed by atoms with Gasteiger partial charge in [0.1, 0.15) is 12.4 Å². The smallest absolute Gasteiger partial charge is 0.337 e. The Labute approximate surface area is 184 Å². The lowest BCUT2D eigenvalue weighted by molar-refractivity contribution is 0.0600. The van der Waals surface area contributed by atoms with E-state index < -0.39 is 5.97 Å². The molecule has 0 atom stereocenters. The Hall–Kier alpha value is -3.02. The van der Waals surface area contributed by atoms with Gasteiger partial charge < -0.3 is 14.8 Å². The fourth-order valence-electron chi connectivity index (χ4n) is 2.67. The molecule has 3 aromatic rings. The Kier molecular flexibility index (Phi) is 7.33. The van der Waals surface area contributed by atoms with E-state index in [1.54, 1.807) is 54.6 Å². The molecule has 0 radical (unpaired) electrons. The standard InChI is InChI=1S/C23H19Cl2NO4/c1-29-23(28)17-6-2-15(3-7-17)13-26-22(27)20-12-19(10-11-21(20)25)30-14-16-4-8-18(24)9-5-16/h2-12H,13-14H2,1H3,(H,26,27). The first kappa shape index (κ1) is 21.7. The van der Waals surface area contributed by atoms with Crippen LogP contribution < -0.4 is 10.1 Å². The molecule has 0 aliphatic rings. The van der Waals surface area contributed by atoms with E-state index >= 15 is 0 Å². The lowest BCUT2D eigenvalue weighted by atomic mass is 10.1. The highest BCUT2D eigenvalue weighted by Crippen LogP contribution is 2.23. The van der Waals surface area contributed by atoms with Gasteiger partial charge in [-0.1, -0.05) is 47.5 Å². The molecule has 0 spiro atoms. The molecule has 154 valence electrons. The molecule has 0 saturated carbocycles. The van der Waals surface area contributed by atoms with Crippen LogP contribution in [0.4, 0.5) is 0 Å². The normalized spacial score (nSPS) is 10.4. The van der Waals surface area contributed by atoms with Crippen molar-refractivity contribution in [2.75, 3.05) is 7.11 Å². The number of halogens is 2. The molecular weight excluding hydrogens is 425 g/mol. The molecule has 3 rings (SSSR count). The van der Waals surface area contributed by atoms with E-state index in [9.17, 15) is 9.59 Å². The van der Waals surface area contributed by atoms with E-state index in [0.29, 0.717) is 33.5 Å². The number of amides is 1. The summed E-state index contributed by atoms with van der Waals surface area (Å²) >= 11 is 12.1. The first-order valence-electron chi connectivity index (χ1n) is 9.08. The first-order chi connectivity index (χ1) is 14.5. The number of hydrogen-bond acceptors (Lipinski definition) is 4. The number of carbonyl (C=O) groups is 2. The summed E-state index contributed by atoms with van der Waals surface area (Å²) in [6.07, 6.45) is 0. The highest BCUT2D eigenvalue weighted by Gasteiger charge is 2.12. The Morgan fingerprint density at radius 1 is 0.900 bits per heavy atom. The molecule has 0 fully saturated rings. The molecule has 1 amide bonds. The molecule has 0 bridgehead atoms. The van der Waals surface area contributed by atoms with Crippen molar-refractivity contribution < 1.29 is 19.1 Å². The van der Waals surface area contributed by atoms with E-state index in [2.05, 4.69) is 10.1 Å². The predicted molar refractivity (Wildman–Crippen MR) is 116 cm³/mol. The summed E-state index contributed by atoms with van der Waals surface area (Å²) in [4.78, 5) is 24.1. The molecule has 0 aromatic heterocycles. The zero-order valence-corrected chi connectivity index (χ0v) is 17.7. The Balaban J connectivity index is 1.61. The second kappa shape index (κ2) is 10.1. The molecule has 3 aromatic carbocycles. The minimum Gasteiger partial charge on any atom is -0.489 e. The van der Waals surface area contributed by atoms with Crippen LogP contribution in [0.15, 0.2) is 66.7 Å². The summed E-state index contributed by atoms with van der Waals surface area (Å²) in [7, 11) is 1.33. The topological polar surface area (TPSA) is 64.6 Å². The third-order valence-corrected chi connectivity index (χ3v) is 4.91. The van der Waals surface area contributed by atoms with Gasteiger partial charge in [0.2, 0.25) is 0 Å². The second-order valence-corrected chi connectivity index (χ2v) is 7.27. The van der Waals surface area contributed by atoms with Gasteiger partial charge in [0.25, 0.3) is 5.91 Å². The third-order valence-electron chi connectivity index (χ3n) is 4.33. The van der Waals surface area contributed by atoms with Crippen molar-refractivity contribution in [2.24, 2.45) is 0 Å². The fraction of sp³-hybridized carbons (Fsp3) is 0.130. The second-order valence-electron chi connectivity index (χ2n) is 6.43. The van der Waals surface area contributed by atoms with Gasteiger partial charge in [0, 0.05) is 11.6 Å². The van der Waals surface area contributed by atoms with Crippen molar-refractivity contribution in [3.8, 4) is 5.75 Å². The monoisotopic (exact) mass is 443 g/mol. The maximum absolute atomic E-state index is 12.6. The van der Waals surface area contributed by atoms with Gasteiger partial charge in [-0.3, -0.25) is 4.79 Å². The zero-order chi connectivity index (χ0) is 21.5. The molecule has 0 heterocycles. The number of ether oxygens (including phenoxy) is 2. The Morgan fingerprint density at radius 2 is 1.57 bits per heavy atom. The van der Waals surface area contributed by atoms with Gasteiger partial charge in [-0.25, -0.2) is 4.79 Å². The van der Waals surface area contributed by atoms with Crippen LogP contribution in [0.3, 0.4) is 0 Å². The molecule has 0 aliphatic heterocycles. The largest absolute Gasteiger partial charge is 0.489 e. The van der Waals surface area contributed by atoms with Crippen molar-refractivity contribution >= 4 is 35.1 Å². The lowest BCUT2D eigenvalue weighted by Gasteiger charge is -2.11. The number of rotatable bonds is 7. The number of benzene rings is 3. The van der Waals surface area contributed by atoms with Crippen LogP contribution in [0, 0.1) is 0 Å². The van der Waals surface area contributed by atoms with E-state index in [1.165, 1.54) is 7.11 Å². The van der Waals surface area contributed by atoms with E-state index in [0.717, 1.165) is 11.1 Å². The minimum absolute atomic E-state index is 0.284. The van der Waals surface area contributed by atoms with Gasteiger partial charge in [-0.05, 0) is 53.6 Å². The van der Waals surface area contributed by atoms with E-state index in [1.807, 2.05) is 12.1 Å². The number of hydrogen-bond donors (Lipinski definition) is 1. The van der Waals surface area contributed by atoms with Crippen LogP contribution in [0.25, 0.3) is 0 Å². The minimum atomic E-state index is -0.409. The Bertz CT molecular complexity index is 1030. The first-order valence-corrected chi connectivity index (χ1v) is 9.84. The summed E-state index contributed by atoms with van der Waals surface area (Å²) in [6.45, 7) is 0.624. The number of nitrogens with one attached hydrogen (secondary N) is 1. The molecule has 0 unspecified atom stereocenters. The summed E-state index contributed by atoms with van der Waals surface area (Å²) in [6, 6.07) is 19.1. The zero-order valence-electron chi connectivity index (χ0n) is 16.2. The third kappa shape index (κ3) is 5.75. The van der Waals surface area contributed by atoms with Gasteiger partial charge in [-0.2, -0.15) is 0 Å². The van der Waals surface area contributed by atoms with Crippen LogP contribution >= 0.6 is 23.2 Å². The van der Waals surface area contributed by atoms with Gasteiger partial charge in [-0.15, -0.1) is 0 Å². The van der Waals surface area contributed by atoms with Crippen molar-refractivity contribution in [3.05, 3.63) is 99.0 Å². The predicted octanol–water partition coefficient (Wildman–Crippen LogP) is 5.29. The van der Waals surface area contributed by atoms with E-state index in [-0.39, 0.29) is 12.5 Å². The van der Waals surface area contributed by atoms with Crippen LogP contribution in [0.2, 0.25) is 10.0 Å². The highest BCUT2D eigenvalue weighted by molar-refractivity contribution is 6.33. The maximum atomic E-state index is 12.6. The van der Waals surface area contributed by atoms with Crippen molar-refractivity contribution in [3.63, 3.8) is 0 Å².